The summed E-state index contributed by atoms with van der Waals surface area (Å²) >= 11 is 0. The highest BCUT2D eigenvalue weighted by molar-refractivity contribution is 6.14. The summed E-state index contributed by atoms with van der Waals surface area (Å²) in [6.45, 7) is 2.97. The number of nitrogens with one attached hydrogen (secondary N) is 1. The fourth-order valence-corrected chi connectivity index (χ4v) is 3.35. The van der Waals surface area contributed by atoms with Gasteiger partial charge in [0.2, 0.25) is 5.89 Å². The second kappa shape index (κ2) is 8.57. The summed E-state index contributed by atoms with van der Waals surface area (Å²) < 4.78 is 47.3. The molecule has 0 spiro atoms. The number of carbonyl (C=O) groups is 2. The maximum Gasteiger partial charge on any atom is 0.437 e. The number of hydrogen-bond acceptors (Lipinski definition) is 7. The van der Waals surface area contributed by atoms with Gasteiger partial charge in [-0.15, -0.1) is 0 Å². The monoisotopic (exact) mass is 473 g/mol. The predicted octanol–water partition coefficient (Wildman–Crippen LogP) is 3.10. The molecule has 0 saturated heterocycles. The number of amides is 2. The van der Waals surface area contributed by atoms with Crippen LogP contribution in [-0.2, 0) is 19.1 Å². The summed E-state index contributed by atoms with van der Waals surface area (Å²) in [5, 5.41) is 9.99. The van der Waals surface area contributed by atoms with Crippen LogP contribution < -0.4 is 11.1 Å². The molecular weight excluding hydrogens is 455 g/mol. The quantitative estimate of drug-likeness (QED) is 0.438. The number of para-hydroxylation sites is 1. The summed E-state index contributed by atoms with van der Waals surface area (Å²) in [5.41, 5.74) is 3.54. The summed E-state index contributed by atoms with van der Waals surface area (Å²) in [6.07, 6.45) is -4.39. The van der Waals surface area contributed by atoms with Crippen molar-refractivity contribution >= 4 is 28.4 Å². The van der Waals surface area contributed by atoms with Crippen LogP contribution >= 0.6 is 0 Å². The Morgan fingerprint density at radius 3 is 2.59 bits per heavy atom. The lowest BCUT2D eigenvalue weighted by Gasteiger charge is -2.11. The van der Waals surface area contributed by atoms with E-state index in [1.807, 2.05) is 0 Å². The first-order chi connectivity index (χ1) is 16.1. The number of primary amides is 1. The minimum absolute atomic E-state index is 0.0250. The molecule has 0 aliphatic heterocycles. The van der Waals surface area contributed by atoms with E-state index in [4.69, 9.17) is 10.3 Å². The Morgan fingerprint density at radius 2 is 1.94 bits per heavy atom. The number of fused-ring (bicyclic) bond motifs is 1. The average molecular weight is 473 g/mol. The first-order valence-electron chi connectivity index (χ1n) is 10.1. The smallest absolute Gasteiger partial charge is 0.364 e. The van der Waals surface area contributed by atoms with Gasteiger partial charge >= 0.3 is 6.18 Å². The van der Waals surface area contributed by atoms with Crippen LogP contribution in [-0.4, -0.2) is 36.7 Å². The Balaban J connectivity index is 1.75. The van der Waals surface area contributed by atoms with E-state index in [-0.39, 0.29) is 34.8 Å². The molecule has 0 atom stereocenters. The minimum atomic E-state index is -4.86. The predicted molar refractivity (Wildman–Crippen MR) is 113 cm³/mol. The largest absolute Gasteiger partial charge is 0.437 e. The van der Waals surface area contributed by atoms with Crippen molar-refractivity contribution in [2.75, 3.05) is 5.32 Å². The van der Waals surface area contributed by atoms with Gasteiger partial charge in [-0.2, -0.15) is 23.3 Å². The molecule has 3 aromatic heterocycles. The highest BCUT2D eigenvalue weighted by atomic mass is 19.4. The number of carbonyl (C=O) groups excluding carboxylic acids is 2. The molecule has 2 amide bonds. The molecule has 0 bridgehead atoms. The first kappa shape index (κ1) is 22.9. The van der Waals surface area contributed by atoms with Crippen molar-refractivity contribution in [1.82, 2.24) is 24.9 Å². The van der Waals surface area contributed by atoms with Gasteiger partial charge in [-0.05, 0) is 19.1 Å². The van der Waals surface area contributed by atoms with Crippen molar-refractivity contribution in [2.45, 2.75) is 33.0 Å². The zero-order chi connectivity index (χ0) is 24.6. The fraction of sp³-hybridized carbons (Fsp3) is 0.238. The molecule has 176 valence electrons. The molecule has 3 N–H and O–H groups in total. The summed E-state index contributed by atoms with van der Waals surface area (Å²) in [4.78, 5) is 32.9. The van der Waals surface area contributed by atoms with Gasteiger partial charge in [0, 0.05) is 11.8 Å². The summed E-state index contributed by atoms with van der Waals surface area (Å²) in [7, 11) is 0. The van der Waals surface area contributed by atoms with E-state index in [0.717, 1.165) is 10.7 Å². The van der Waals surface area contributed by atoms with Gasteiger partial charge in [-0.25, -0.2) is 4.98 Å². The molecule has 0 radical (unpaired) electrons. The molecule has 3 heterocycles. The molecular formula is C21H18F3N7O3. The highest BCUT2D eigenvalue weighted by Gasteiger charge is 2.39. The third-order valence-electron chi connectivity index (χ3n) is 5.03. The molecule has 1 aromatic carbocycles. The van der Waals surface area contributed by atoms with Crippen LogP contribution in [0, 0.1) is 6.92 Å². The topological polar surface area (TPSA) is 142 Å². The summed E-state index contributed by atoms with van der Waals surface area (Å²) in [5.74, 6) is -1.30. The zero-order valence-corrected chi connectivity index (χ0v) is 18.0. The molecule has 0 fully saturated rings. The van der Waals surface area contributed by atoms with Gasteiger partial charge in [-0.3, -0.25) is 14.3 Å². The number of anilines is 1. The third kappa shape index (κ3) is 4.31. The summed E-state index contributed by atoms with van der Waals surface area (Å²) in [6, 6.07) is 7.52. The average Bonchev–Trinajstić information content (AvgIpc) is 3.38. The number of halogens is 3. The van der Waals surface area contributed by atoms with E-state index in [2.05, 4.69) is 25.5 Å². The van der Waals surface area contributed by atoms with E-state index in [0.29, 0.717) is 17.7 Å². The van der Waals surface area contributed by atoms with E-state index in [1.54, 1.807) is 31.2 Å². The molecule has 13 heteroatoms. The van der Waals surface area contributed by atoms with Crippen LogP contribution in [0.5, 0.6) is 0 Å². The van der Waals surface area contributed by atoms with E-state index >= 15 is 0 Å². The Morgan fingerprint density at radius 1 is 1.21 bits per heavy atom. The molecule has 4 aromatic rings. The van der Waals surface area contributed by atoms with Crippen LogP contribution in [0.3, 0.4) is 0 Å². The van der Waals surface area contributed by atoms with Crippen molar-refractivity contribution in [2.24, 2.45) is 5.73 Å². The number of nitrogens with zero attached hydrogens (tertiary/aromatic N) is 5. The lowest BCUT2D eigenvalue weighted by molar-refractivity contribution is -0.140. The molecule has 0 aliphatic carbocycles. The second-order valence-corrected chi connectivity index (χ2v) is 7.31. The number of benzene rings is 1. The van der Waals surface area contributed by atoms with Crippen LogP contribution in [0.25, 0.3) is 10.9 Å². The maximum atomic E-state index is 13.8. The van der Waals surface area contributed by atoms with Crippen LogP contribution in [0.1, 0.15) is 50.9 Å². The number of hydrogen-bond donors (Lipinski definition) is 2. The first-order valence-corrected chi connectivity index (χ1v) is 10.1. The van der Waals surface area contributed by atoms with Crippen LogP contribution in [0.15, 0.2) is 34.9 Å². The normalized spacial score (nSPS) is 11.7. The van der Waals surface area contributed by atoms with Gasteiger partial charge in [-0.1, -0.05) is 30.3 Å². The molecule has 0 aliphatic rings. The minimum Gasteiger partial charge on any atom is -0.364 e. The SMILES string of the molecule is CCc1nc(Cn2nc(C(F)(F)F)c(NC(=O)c3cc(C(N)=O)nc4ccccc34)c2C)no1. The second-order valence-electron chi connectivity index (χ2n) is 7.31. The number of alkyl halides is 3. The Kier molecular flexibility index (Phi) is 5.77. The third-order valence-corrected chi connectivity index (χ3v) is 5.03. The van der Waals surface area contributed by atoms with Crippen molar-refractivity contribution in [3.63, 3.8) is 0 Å². The number of nitrogens with two attached hydrogens (primary N) is 1. The lowest BCUT2D eigenvalue weighted by atomic mass is 10.1. The Hall–Kier alpha value is -4.29. The standard InChI is InChI=1S/C21H18F3N7O3/c1-3-16-27-15(30-34-16)9-31-10(2)17(18(29-31)21(22,23)24)28-20(33)12-8-14(19(25)32)26-13-7-5-4-6-11(12)13/h4-8H,3,9H2,1-2H3,(H2,25,32)(H,28,33). The van der Waals surface area contributed by atoms with Gasteiger partial charge in [0.15, 0.2) is 11.5 Å². The van der Waals surface area contributed by atoms with Gasteiger partial charge in [0.05, 0.1) is 22.5 Å². The van der Waals surface area contributed by atoms with Crippen molar-refractivity contribution < 1.29 is 27.3 Å². The van der Waals surface area contributed by atoms with Gasteiger partial charge in [0.25, 0.3) is 11.8 Å². The van der Waals surface area contributed by atoms with E-state index in [1.165, 1.54) is 6.92 Å². The number of aryl methyl sites for hydroxylation is 1. The number of pyridine rings is 1. The Bertz CT molecular complexity index is 1410. The number of aromatic nitrogens is 5. The van der Waals surface area contributed by atoms with Crippen LogP contribution in [0.2, 0.25) is 0 Å². The molecule has 0 saturated carbocycles. The highest BCUT2D eigenvalue weighted by Crippen LogP contribution is 2.36. The van der Waals surface area contributed by atoms with Gasteiger partial charge in [0.1, 0.15) is 12.2 Å². The molecule has 0 unspecified atom stereocenters. The van der Waals surface area contributed by atoms with Crippen molar-refractivity contribution in [1.29, 1.82) is 0 Å². The van der Waals surface area contributed by atoms with E-state index < -0.39 is 29.4 Å². The Labute approximate surface area is 190 Å². The van der Waals surface area contributed by atoms with Gasteiger partial charge < -0.3 is 15.6 Å². The van der Waals surface area contributed by atoms with E-state index in [9.17, 15) is 22.8 Å². The lowest BCUT2D eigenvalue weighted by Crippen LogP contribution is -2.19. The maximum absolute atomic E-state index is 13.8. The molecule has 4 rings (SSSR count). The van der Waals surface area contributed by atoms with Crippen LogP contribution in [0.4, 0.5) is 18.9 Å². The molecule has 34 heavy (non-hydrogen) atoms. The van der Waals surface area contributed by atoms with Crippen molar-refractivity contribution in [3.8, 4) is 0 Å². The molecule has 10 nitrogen and oxygen atoms in total. The van der Waals surface area contributed by atoms with Crippen molar-refractivity contribution in [3.05, 3.63) is 64.7 Å². The number of rotatable bonds is 6. The fourth-order valence-electron chi connectivity index (χ4n) is 3.35. The zero-order valence-electron chi connectivity index (χ0n) is 18.0.